The maximum Gasteiger partial charge on any atom is 0.0465 e. The van der Waals surface area contributed by atoms with Crippen LogP contribution < -0.4 is 9.80 Å². The average molecular weight is 821 g/mol. The van der Waals surface area contributed by atoms with Crippen molar-refractivity contribution < 1.29 is 0 Å². The van der Waals surface area contributed by atoms with Crippen LogP contribution >= 0.6 is 0 Å². The highest BCUT2D eigenvalue weighted by atomic mass is 15.1. The molecule has 12 rings (SSSR count). The van der Waals surface area contributed by atoms with E-state index in [1.54, 1.807) is 0 Å². The van der Waals surface area contributed by atoms with Crippen molar-refractivity contribution in [1.82, 2.24) is 0 Å². The largest absolute Gasteiger partial charge is 0.310 e. The molecule has 0 aliphatic heterocycles. The monoisotopic (exact) mass is 820 g/mol. The molecule has 0 saturated heterocycles. The lowest BCUT2D eigenvalue weighted by Gasteiger charge is -2.36. The molecule has 0 radical (unpaired) electrons. The molecular formula is C62H48N2. The topological polar surface area (TPSA) is 6.48 Å². The second-order valence-corrected chi connectivity index (χ2v) is 18.6. The Labute approximate surface area is 376 Å². The van der Waals surface area contributed by atoms with Gasteiger partial charge < -0.3 is 9.80 Å². The predicted octanol–water partition coefficient (Wildman–Crippen LogP) is 17.2. The van der Waals surface area contributed by atoms with Crippen LogP contribution in [0.1, 0.15) is 49.9 Å². The van der Waals surface area contributed by atoms with Gasteiger partial charge in [-0.05, 0) is 150 Å². The minimum atomic E-state index is -0.161. The molecule has 64 heavy (non-hydrogen) atoms. The van der Waals surface area contributed by atoms with Crippen molar-refractivity contribution in [2.24, 2.45) is 0 Å². The summed E-state index contributed by atoms with van der Waals surface area (Å²) in [7, 11) is 0. The summed E-state index contributed by atoms with van der Waals surface area (Å²) in [5, 5.41) is 5.35. The summed E-state index contributed by atoms with van der Waals surface area (Å²) >= 11 is 0. The number of hydrogen-bond acceptors (Lipinski definition) is 2. The van der Waals surface area contributed by atoms with Gasteiger partial charge in [0.05, 0.1) is 0 Å². The molecule has 2 nitrogen and oxygen atoms in total. The Kier molecular flexibility index (Phi) is 8.58. The Bertz CT molecular complexity index is 3180. The van der Waals surface area contributed by atoms with E-state index in [0.717, 1.165) is 34.1 Å². The van der Waals surface area contributed by atoms with Crippen LogP contribution in [0.25, 0.3) is 54.9 Å². The summed E-state index contributed by atoms with van der Waals surface area (Å²) in [5.41, 5.74) is 19.5. The smallest absolute Gasteiger partial charge is 0.0465 e. The molecule has 0 amide bonds. The van der Waals surface area contributed by atoms with Gasteiger partial charge in [0, 0.05) is 45.0 Å². The van der Waals surface area contributed by atoms with E-state index in [4.69, 9.17) is 0 Å². The maximum atomic E-state index is 2.42. The first kappa shape index (κ1) is 38.0. The summed E-state index contributed by atoms with van der Waals surface area (Å²) in [5.74, 6) is 0. The molecule has 0 unspecified atom stereocenters. The molecule has 2 heteroatoms. The Morgan fingerprint density at radius 1 is 0.266 bits per heavy atom. The summed E-state index contributed by atoms with van der Waals surface area (Å²) in [4.78, 5) is 4.78. The van der Waals surface area contributed by atoms with E-state index in [-0.39, 0.29) is 10.8 Å². The third kappa shape index (κ3) is 5.86. The molecule has 0 N–H and O–H groups in total. The quantitative estimate of drug-likeness (QED) is 0.158. The van der Waals surface area contributed by atoms with Crippen molar-refractivity contribution >= 4 is 55.7 Å². The van der Waals surface area contributed by atoms with Gasteiger partial charge in [0.1, 0.15) is 0 Å². The van der Waals surface area contributed by atoms with Crippen LogP contribution in [0.4, 0.5) is 34.1 Å². The second-order valence-electron chi connectivity index (χ2n) is 18.6. The van der Waals surface area contributed by atoms with Crippen molar-refractivity contribution in [1.29, 1.82) is 0 Å². The Hall–Kier alpha value is -7.68. The minimum Gasteiger partial charge on any atom is -0.310 e. The molecule has 0 heterocycles. The molecule has 0 fully saturated rings. The molecule has 0 bridgehead atoms. The number of benzene rings is 10. The van der Waals surface area contributed by atoms with Gasteiger partial charge in [-0.25, -0.2) is 0 Å². The zero-order valence-electron chi connectivity index (χ0n) is 36.7. The summed E-state index contributed by atoms with van der Waals surface area (Å²) in [6, 6.07) is 80.7. The predicted molar refractivity (Wildman–Crippen MR) is 271 cm³/mol. The van der Waals surface area contributed by atoms with E-state index in [2.05, 4.69) is 256 Å². The molecule has 0 aromatic heterocycles. The summed E-state index contributed by atoms with van der Waals surface area (Å²) < 4.78 is 0. The van der Waals surface area contributed by atoms with E-state index >= 15 is 0 Å². The SMILES string of the molecule is CC1(C)c2cc(N(c3ccccc3)c3ccc(-c4ccc(N(c5ccccc5)c5ccc6c(c5)C(C)(C)c5cccc7cccc-6c57)cc4)cc3)ccc2-c2cccc3cccc1c23. The van der Waals surface area contributed by atoms with Gasteiger partial charge in [-0.2, -0.15) is 0 Å². The van der Waals surface area contributed by atoms with Gasteiger partial charge in [-0.15, -0.1) is 0 Å². The Balaban J connectivity index is 0.895. The van der Waals surface area contributed by atoms with Crippen molar-refractivity contribution in [2.45, 2.75) is 38.5 Å². The van der Waals surface area contributed by atoms with Crippen molar-refractivity contribution in [3.63, 3.8) is 0 Å². The second kappa shape index (κ2) is 14.4. The van der Waals surface area contributed by atoms with Crippen LogP contribution in [0.5, 0.6) is 0 Å². The highest BCUT2D eigenvalue weighted by Crippen LogP contribution is 2.52. The highest BCUT2D eigenvalue weighted by molar-refractivity contribution is 6.05. The normalized spacial score (nSPS) is 13.9. The fraction of sp³-hybridized carbons (Fsp3) is 0.0968. The van der Waals surface area contributed by atoms with E-state index in [1.807, 2.05) is 0 Å². The highest BCUT2D eigenvalue weighted by Gasteiger charge is 2.35. The zero-order chi connectivity index (χ0) is 43.2. The zero-order valence-corrected chi connectivity index (χ0v) is 36.7. The van der Waals surface area contributed by atoms with Gasteiger partial charge >= 0.3 is 0 Å². The first-order chi connectivity index (χ1) is 31.3. The van der Waals surface area contributed by atoms with Crippen LogP contribution in [0, 0.1) is 0 Å². The van der Waals surface area contributed by atoms with Gasteiger partial charge in [-0.1, -0.05) is 173 Å². The van der Waals surface area contributed by atoms with Crippen molar-refractivity contribution in [2.75, 3.05) is 9.80 Å². The molecule has 10 aromatic rings. The van der Waals surface area contributed by atoms with Crippen LogP contribution in [0.3, 0.4) is 0 Å². The number of nitrogens with zero attached hydrogens (tertiary/aromatic N) is 2. The van der Waals surface area contributed by atoms with Crippen LogP contribution in [-0.4, -0.2) is 0 Å². The van der Waals surface area contributed by atoms with E-state index in [1.165, 1.54) is 77.2 Å². The molecule has 10 aromatic carbocycles. The lowest BCUT2D eigenvalue weighted by molar-refractivity contribution is 0.645. The van der Waals surface area contributed by atoms with Crippen molar-refractivity contribution in [3.8, 4) is 33.4 Å². The van der Waals surface area contributed by atoms with E-state index < -0.39 is 0 Å². The fourth-order valence-electron chi connectivity index (χ4n) is 11.0. The third-order valence-electron chi connectivity index (χ3n) is 14.2. The van der Waals surface area contributed by atoms with Gasteiger partial charge in [0.15, 0.2) is 0 Å². The Morgan fingerprint density at radius 3 is 1.00 bits per heavy atom. The standard InChI is InChI=1S/C62H48N2/c1-61(2)55-25-13-17-43-15-11-23-53(59(43)55)51-37-35-49(39-57(51)61)63(45-19-7-5-8-20-45)47-31-27-41(28-32-47)42-29-33-48(34-30-42)64(46-21-9-6-10-22-46)50-36-38-52-54-24-12-16-44-18-14-26-56(60(44)54)62(3,4)58(52)40-50/h5-40H,1-4H3. The van der Waals surface area contributed by atoms with Crippen LogP contribution in [0.2, 0.25) is 0 Å². The van der Waals surface area contributed by atoms with Crippen molar-refractivity contribution in [3.05, 3.63) is 241 Å². The molecule has 0 atom stereocenters. The molecule has 0 saturated carbocycles. The molecule has 2 aliphatic rings. The van der Waals surface area contributed by atoms with Gasteiger partial charge in [-0.3, -0.25) is 0 Å². The van der Waals surface area contributed by atoms with Gasteiger partial charge in [0.2, 0.25) is 0 Å². The summed E-state index contributed by atoms with van der Waals surface area (Å²) in [6.45, 7) is 9.50. The maximum absolute atomic E-state index is 2.42. The lowest BCUT2D eigenvalue weighted by atomic mass is 9.68. The van der Waals surface area contributed by atoms with E-state index in [0.29, 0.717) is 0 Å². The first-order valence-corrected chi connectivity index (χ1v) is 22.5. The van der Waals surface area contributed by atoms with Gasteiger partial charge in [0.25, 0.3) is 0 Å². The molecule has 0 spiro atoms. The van der Waals surface area contributed by atoms with Crippen LogP contribution in [0.15, 0.2) is 218 Å². The number of rotatable bonds is 7. The summed E-state index contributed by atoms with van der Waals surface area (Å²) in [6.07, 6.45) is 0. The minimum absolute atomic E-state index is 0.161. The average Bonchev–Trinajstić information content (AvgIpc) is 3.34. The number of anilines is 6. The molecule has 306 valence electrons. The fourth-order valence-corrected chi connectivity index (χ4v) is 11.0. The van der Waals surface area contributed by atoms with E-state index in [9.17, 15) is 0 Å². The number of fused-ring (bicyclic) bond motifs is 4. The molecule has 2 aliphatic carbocycles. The molecular weight excluding hydrogens is 773 g/mol. The Morgan fingerprint density at radius 2 is 0.609 bits per heavy atom. The first-order valence-electron chi connectivity index (χ1n) is 22.5. The number of hydrogen-bond donors (Lipinski definition) is 0. The number of para-hydroxylation sites is 2. The third-order valence-corrected chi connectivity index (χ3v) is 14.2. The van der Waals surface area contributed by atoms with Crippen LogP contribution in [-0.2, 0) is 10.8 Å². The lowest BCUT2D eigenvalue weighted by Crippen LogP contribution is -2.24.